The zero-order chi connectivity index (χ0) is 15.7. The van der Waals surface area contributed by atoms with Crippen LogP contribution in [0.25, 0.3) is 0 Å². The fourth-order valence-electron chi connectivity index (χ4n) is 1.94. The SMILES string of the molecule is C=CCNC(=NCC(c1ccc(F)cc1)N(C)C)NCC.I. The third kappa shape index (κ3) is 7.22. The van der Waals surface area contributed by atoms with E-state index in [0.29, 0.717) is 13.1 Å². The zero-order valence-corrected chi connectivity index (χ0v) is 15.8. The fourth-order valence-corrected chi connectivity index (χ4v) is 1.94. The van der Waals surface area contributed by atoms with Crippen molar-refractivity contribution in [1.82, 2.24) is 15.5 Å². The summed E-state index contributed by atoms with van der Waals surface area (Å²) >= 11 is 0. The molecule has 4 nitrogen and oxygen atoms in total. The lowest BCUT2D eigenvalue weighted by Gasteiger charge is -2.23. The minimum Gasteiger partial charge on any atom is -0.357 e. The number of halogens is 2. The van der Waals surface area contributed by atoms with Crippen LogP contribution < -0.4 is 10.6 Å². The van der Waals surface area contributed by atoms with Crippen molar-refractivity contribution in [3.05, 3.63) is 48.3 Å². The van der Waals surface area contributed by atoms with E-state index in [-0.39, 0.29) is 35.8 Å². The number of likely N-dealkylation sites (N-methyl/N-ethyl adjacent to an activating group) is 1. The van der Waals surface area contributed by atoms with Crippen molar-refractivity contribution in [3.63, 3.8) is 0 Å². The molecular formula is C16H26FIN4. The Kier molecular flexibility index (Phi) is 10.8. The maximum Gasteiger partial charge on any atom is 0.191 e. The van der Waals surface area contributed by atoms with E-state index >= 15 is 0 Å². The monoisotopic (exact) mass is 420 g/mol. The third-order valence-corrected chi connectivity index (χ3v) is 3.06. The Hall–Kier alpha value is -1.15. The standard InChI is InChI=1S/C16H25FN4.HI/c1-5-11-19-16(18-6-2)20-12-15(21(3)4)13-7-9-14(17)10-8-13;/h5,7-10,15H,1,6,11-12H2,2-4H3,(H2,18,19,20);1H. The number of hydrogen-bond donors (Lipinski definition) is 2. The number of hydrogen-bond acceptors (Lipinski definition) is 2. The minimum absolute atomic E-state index is 0. The van der Waals surface area contributed by atoms with Gasteiger partial charge in [-0.15, -0.1) is 30.6 Å². The maximum absolute atomic E-state index is 13.0. The van der Waals surface area contributed by atoms with Crippen molar-refractivity contribution in [2.24, 2.45) is 4.99 Å². The second kappa shape index (κ2) is 11.4. The molecule has 0 fully saturated rings. The largest absolute Gasteiger partial charge is 0.357 e. The molecule has 0 aliphatic carbocycles. The van der Waals surface area contributed by atoms with Crippen LogP contribution in [0, 0.1) is 5.82 Å². The van der Waals surface area contributed by atoms with Crippen LogP contribution in [-0.2, 0) is 0 Å². The van der Waals surface area contributed by atoms with E-state index in [9.17, 15) is 4.39 Å². The fraction of sp³-hybridized carbons (Fsp3) is 0.438. The number of nitrogens with one attached hydrogen (secondary N) is 2. The van der Waals surface area contributed by atoms with Crippen LogP contribution in [0.1, 0.15) is 18.5 Å². The summed E-state index contributed by atoms with van der Waals surface area (Å²) in [6.45, 7) is 7.75. The highest BCUT2D eigenvalue weighted by Crippen LogP contribution is 2.18. The first-order valence-electron chi connectivity index (χ1n) is 7.13. The summed E-state index contributed by atoms with van der Waals surface area (Å²) < 4.78 is 13.0. The lowest BCUT2D eigenvalue weighted by atomic mass is 10.1. The first-order valence-corrected chi connectivity index (χ1v) is 7.13. The molecule has 1 unspecified atom stereocenters. The molecule has 124 valence electrons. The van der Waals surface area contributed by atoms with Crippen molar-refractivity contribution < 1.29 is 4.39 Å². The van der Waals surface area contributed by atoms with Gasteiger partial charge in [-0.1, -0.05) is 18.2 Å². The number of benzene rings is 1. The van der Waals surface area contributed by atoms with Crippen molar-refractivity contribution in [1.29, 1.82) is 0 Å². The molecule has 22 heavy (non-hydrogen) atoms. The highest BCUT2D eigenvalue weighted by Gasteiger charge is 2.14. The predicted molar refractivity (Wildman–Crippen MR) is 102 cm³/mol. The predicted octanol–water partition coefficient (Wildman–Crippen LogP) is 2.79. The number of nitrogens with zero attached hydrogens (tertiary/aromatic N) is 2. The highest BCUT2D eigenvalue weighted by molar-refractivity contribution is 14.0. The number of guanidine groups is 1. The molecule has 1 atom stereocenters. The van der Waals surface area contributed by atoms with E-state index in [1.807, 2.05) is 21.0 Å². The Balaban J connectivity index is 0.00000441. The molecule has 1 aromatic rings. The molecule has 0 amide bonds. The van der Waals surface area contributed by atoms with Crippen LogP contribution in [0.2, 0.25) is 0 Å². The molecule has 0 spiro atoms. The zero-order valence-electron chi connectivity index (χ0n) is 13.5. The summed E-state index contributed by atoms with van der Waals surface area (Å²) in [6, 6.07) is 6.68. The van der Waals surface area contributed by atoms with Gasteiger partial charge in [0.1, 0.15) is 5.82 Å². The van der Waals surface area contributed by atoms with E-state index in [2.05, 4.69) is 27.1 Å². The maximum atomic E-state index is 13.0. The molecule has 0 aromatic heterocycles. The second-order valence-corrected chi connectivity index (χ2v) is 4.92. The van der Waals surface area contributed by atoms with Gasteiger partial charge in [0.15, 0.2) is 5.96 Å². The average molecular weight is 420 g/mol. The first kappa shape index (κ1) is 20.9. The normalized spacial score (nSPS) is 12.5. The molecule has 0 aliphatic heterocycles. The third-order valence-electron chi connectivity index (χ3n) is 3.06. The van der Waals surface area contributed by atoms with Gasteiger partial charge < -0.3 is 15.5 Å². The molecule has 0 aliphatic rings. The quantitative estimate of drug-likeness (QED) is 0.309. The Morgan fingerprint density at radius 2 is 1.95 bits per heavy atom. The van der Waals surface area contributed by atoms with Crippen LogP contribution >= 0.6 is 24.0 Å². The summed E-state index contributed by atoms with van der Waals surface area (Å²) in [5, 5.41) is 6.35. The summed E-state index contributed by atoms with van der Waals surface area (Å²) in [4.78, 5) is 6.66. The number of rotatable bonds is 7. The molecule has 0 saturated heterocycles. The van der Waals surface area contributed by atoms with Crippen molar-refractivity contribution in [3.8, 4) is 0 Å². The number of aliphatic imine (C=N–C) groups is 1. The van der Waals surface area contributed by atoms with Crippen LogP contribution in [0.4, 0.5) is 4.39 Å². The molecule has 0 saturated carbocycles. The summed E-state index contributed by atoms with van der Waals surface area (Å²) in [6.07, 6.45) is 1.79. The molecule has 1 rings (SSSR count). The van der Waals surface area contributed by atoms with Crippen molar-refractivity contribution in [2.75, 3.05) is 33.7 Å². The van der Waals surface area contributed by atoms with Crippen molar-refractivity contribution in [2.45, 2.75) is 13.0 Å². The minimum atomic E-state index is -0.222. The van der Waals surface area contributed by atoms with Crippen molar-refractivity contribution >= 4 is 29.9 Å². The van der Waals surface area contributed by atoms with Gasteiger partial charge in [0.2, 0.25) is 0 Å². The van der Waals surface area contributed by atoms with Gasteiger partial charge in [-0.2, -0.15) is 0 Å². The van der Waals surface area contributed by atoms with E-state index in [1.54, 1.807) is 18.2 Å². The van der Waals surface area contributed by atoms with Crippen LogP contribution in [0.3, 0.4) is 0 Å². The molecule has 1 aromatic carbocycles. The van der Waals surface area contributed by atoms with Gasteiger partial charge in [-0.05, 0) is 38.7 Å². The van der Waals surface area contributed by atoms with Gasteiger partial charge >= 0.3 is 0 Å². The first-order chi connectivity index (χ1) is 10.1. The lowest BCUT2D eigenvalue weighted by molar-refractivity contribution is 0.306. The van der Waals surface area contributed by atoms with E-state index < -0.39 is 0 Å². The van der Waals surface area contributed by atoms with Crippen LogP contribution in [-0.4, -0.2) is 44.6 Å². The Bertz CT molecular complexity index is 460. The van der Waals surface area contributed by atoms with Gasteiger partial charge in [0.05, 0.1) is 12.6 Å². The van der Waals surface area contributed by atoms with Crippen LogP contribution in [0.15, 0.2) is 41.9 Å². The highest BCUT2D eigenvalue weighted by atomic mass is 127. The van der Waals surface area contributed by atoms with Gasteiger partial charge in [-0.3, -0.25) is 4.99 Å². The van der Waals surface area contributed by atoms with Crippen LogP contribution in [0.5, 0.6) is 0 Å². The average Bonchev–Trinajstić information content (AvgIpc) is 2.46. The molecular weight excluding hydrogens is 394 g/mol. The van der Waals surface area contributed by atoms with E-state index in [4.69, 9.17) is 0 Å². The molecule has 0 bridgehead atoms. The van der Waals surface area contributed by atoms with E-state index in [1.165, 1.54) is 12.1 Å². The molecule has 0 radical (unpaired) electrons. The summed E-state index contributed by atoms with van der Waals surface area (Å²) in [5.41, 5.74) is 1.05. The second-order valence-electron chi connectivity index (χ2n) is 4.92. The Morgan fingerprint density at radius 3 is 2.45 bits per heavy atom. The molecule has 0 heterocycles. The van der Waals surface area contributed by atoms with Gasteiger partial charge in [0.25, 0.3) is 0 Å². The van der Waals surface area contributed by atoms with Gasteiger partial charge in [-0.25, -0.2) is 4.39 Å². The Morgan fingerprint density at radius 1 is 1.32 bits per heavy atom. The smallest absolute Gasteiger partial charge is 0.191 e. The van der Waals surface area contributed by atoms with Gasteiger partial charge in [0, 0.05) is 13.1 Å². The summed E-state index contributed by atoms with van der Waals surface area (Å²) in [5.74, 6) is 0.534. The molecule has 2 N–H and O–H groups in total. The summed E-state index contributed by atoms with van der Waals surface area (Å²) in [7, 11) is 3.99. The van der Waals surface area contributed by atoms with E-state index in [0.717, 1.165) is 18.1 Å². The molecule has 6 heteroatoms. The topological polar surface area (TPSA) is 39.7 Å². The Labute approximate surface area is 149 Å². The lowest BCUT2D eigenvalue weighted by Crippen LogP contribution is -2.38.